The lowest BCUT2D eigenvalue weighted by molar-refractivity contribution is -0.0620. The molecule has 2 atom stereocenters. The summed E-state index contributed by atoms with van der Waals surface area (Å²) in [5, 5.41) is 7.98. The van der Waals surface area contributed by atoms with E-state index in [1.165, 1.54) is 0 Å². The summed E-state index contributed by atoms with van der Waals surface area (Å²) in [4.78, 5) is 2.34. The number of ether oxygens (including phenoxy) is 2. The van der Waals surface area contributed by atoms with Crippen molar-refractivity contribution >= 4 is 0 Å². The lowest BCUT2D eigenvalue weighted by atomic mass is 9.98. The molecule has 0 radical (unpaired) electrons. The molecule has 1 aromatic heterocycles. The third-order valence-electron chi connectivity index (χ3n) is 4.08. The van der Waals surface area contributed by atoms with Gasteiger partial charge in [-0.05, 0) is 26.9 Å². The van der Waals surface area contributed by atoms with Gasteiger partial charge < -0.3 is 14.8 Å². The summed E-state index contributed by atoms with van der Waals surface area (Å²) in [5.74, 6) is 0.829. The Morgan fingerprint density at radius 3 is 2.86 bits per heavy atom. The second-order valence-electron chi connectivity index (χ2n) is 5.67. The molecule has 0 spiro atoms. The zero-order chi connectivity index (χ0) is 15.4. The van der Waals surface area contributed by atoms with Gasteiger partial charge in [0.15, 0.2) is 0 Å². The second kappa shape index (κ2) is 7.24. The maximum atomic E-state index is 6.03. The summed E-state index contributed by atoms with van der Waals surface area (Å²) in [6, 6.07) is 0.173. The largest absolute Gasteiger partial charge is 0.481 e. The first kappa shape index (κ1) is 16.3. The molecule has 1 fully saturated rings. The van der Waals surface area contributed by atoms with E-state index in [9.17, 15) is 0 Å². The third-order valence-corrected chi connectivity index (χ3v) is 4.08. The molecule has 0 aliphatic carbocycles. The number of aromatic nitrogens is 2. The molecule has 21 heavy (non-hydrogen) atoms. The van der Waals surface area contributed by atoms with Crippen LogP contribution >= 0.6 is 0 Å². The molecule has 2 rings (SSSR count). The number of morpholine rings is 1. The SMILES string of the molecule is CCCNCC1OCCN(C)C1c1c(C)nn(C)c1OC. The highest BCUT2D eigenvalue weighted by atomic mass is 16.5. The number of aryl methyl sites for hydroxylation is 2. The van der Waals surface area contributed by atoms with Gasteiger partial charge in [0.05, 0.1) is 37.1 Å². The average Bonchev–Trinajstić information content (AvgIpc) is 2.73. The first-order valence-electron chi connectivity index (χ1n) is 7.70. The molecule has 2 heterocycles. The molecule has 0 aromatic carbocycles. The van der Waals surface area contributed by atoms with E-state index in [0.29, 0.717) is 0 Å². The third kappa shape index (κ3) is 3.39. The highest BCUT2D eigenvalue weighted by Crippen LogP contribution is 2.36. The van der Waals surface area contributed by atoms with Gasteiger partial charge in [0.2, 0.25) is 5.88 Å². The van der Waals surface area contributed by atoms with Gasteiger partial charge in [0.25, 0.3) is 0 Å². The van der Waals surface area contributed by atoms with Gasteiger partial charge in [0, 0.05) is 20.1 Å². The van der Waals surface area contributed by atoms with Crippen LogP contribution in [-0.4, -0.2) is 61.2 Å². The summed E-state index contributed by atoms with van der Waals surface area (Å²) < 4.78 is 13.4. The Morgan fingerprint density at radius 2 is 2.19 bits per heavy atom. The van der Waals surface area contributed by atoms with E-state index >= 15 is 0 Å². The van der Waals surface area contributed by atoms with Crippen molar-refractivity contribution in [3.8, 4) is 5.88 Å². The quantitative estimate of drug-likeness (QED) is 0.797. The van der Waals surface area contributed by atoms with Gasteiger partial charge in [-0.2, -0.15) is 5.10 Å². The van der Waals surface area contributed by atoms with Crippen LogP contribution in [0.4, 0.5) is 0 Å². The Morgan fingerprint density at radius 1 is 1.43 bits per heavy atom. The summed E-state index contributed by atoms with van der Waals surface area (Å²) >= 11 is 0. The van der Waals surface area contributed by atoms with E-state index < -0.39 is 0 Å². The van der Waals surface area contributed by atoms with Crippen LogP contribution in [-0.2, 0) is 11.8 Å². The molecule has 6 heteroatoms. The summed E-state index contributed by atoms with van der Waals surface area (Å²) in [5.41, 5.74) is 2.16. The first-order valence-corrected chi connectivity index (χ1v) is 7.70. The molecular weight excluding hydrogens is 268 g/mol. The van der Waals surface area contributed by atoms with Crippen molar-refractivity contribution in [3.63, 3.8) is 0 Å². The number of hydrogen-bond donors (Lipinski definition) is 1. The van der Waals surface area contributed by atoms with Crippen LogP contribution in [0.2, 0.25) is 0 Å². The van der Waals surface area contributed by atoms with Crippen LogP contribution in [0, 0.1) is 6.92 Å². The Balaban J connectivity index is 2.27. The van der Waals surface area contributed by atoms with Crippen molar-refractivity contribution in [3.05, 3.63) is 11.3 Å². The molecular formula is C15H28N4O2. The van der Waals surface area contributed by atoms with Gasteiger partial charge >= 0.3 is 0 Å². The van der Waals surface area contributed by atoms with Gasteiger partial charge in [-0.1, -0.05) is 6.92 Å². The van der Waals surface area contributed by atoms with Gasteiger partial charge in [-0.25, -0.2) is 4.68 Å². The highest BCUT2D eigenvalue weighted by Gasteiger charge is 2.36. The average molecular weight is 296 g/mol. The smallest absolute Gasteiger partial charge is 0.216 e. The van der Waals surface area contributed by atoms with Crippen LogP contribution in [0.5, 0.6) is 5.88 Å². The van der Waals surface area contributed by atoms with Crippen LogP contribution in [0.25, 0.3) is 0 Å². The highest BCUT2D eigenvalue weighted by molar-refractivity contribution is 5.35. The molecule has 1 aliphatic rings. The number of rotatable bonds is 6. The minimum absolute atomic E-state index is 0.118. The van der Waals surface area contributed by atoms with E-state index in [4.69, 9.17) is 9.47 Å². The molecule has 1 aliphatic heterocycles. The fourth-order valence-corrected chi connectivity index (χ4v) is 3.10. The topological polar surface area (TPSA) is 51.5 Å². The number of nitrogens with zero attached hydrogens (tertiary/aromatic N) is 3. The minimum atomic E-state index is 0.118. The number of likely N-dealkylation sites (N-methyl/N-ethyl adjacent to an activating group) is 1. The van der Waals surface area contributed by atoms with Crippen molar-refractivity contribution in [2.24, 2.45) is 7.05 Å². The molecule has 1 N–H and O–H groups in total. The van der Waals surface area contributed by atoms with Crippen LogP contribution in [0.1, 0.15) is 30.6 Å². The zero-order valence-corrected chi connectivity index (χ0v) is 13.8. The molecule has 6 nitrogen and oxygen atoms in total. The van der Waals surface area contributed by atoms with Crippen molar-refractivity contribution in [2.75, 3.05) is 40.4 Å². The lowest BCUT2D eigenvalue weighted by Crippen LogP contribution is -2.47. The predicted molar refractivity (Wildman–Crippen MR) is 82.8 cm³/mol. The monoisotopic (exact) mass is 296 g/mol. The molecule has 1 saturated heterocycles. The van der Waals surface area contributed by atoms with Crippen LogP contribution in [0.3, 0.4) is 0 Å². The van der Waals surface area contributed by atoms with E-state index in [1.54, 1.807) is 7.11 Å². The number of nitrogens with one attached hydrogen (secondary N) is 1. The Bertz CT molecular complexity index is 461. The molecule has 120 valence electrons. The molecule has 1 aromatic rings. The maximum Gasteiger partial charge on any atom is 0.216 e. The zero-order valence-electron chi connectivity index (χ0n) is 13.8. The normalized spacial score (nSPS) is 23.5. The molecule has 0 bridgehead atoms. The van der Waals surface area contributed by atoms with E-state index in [0.717, 1.165) is 49.8 Å². The molecule has 0 saturated carbocycles. The Hall–Kier alpha value is -1.11. The summed E-state index contributed by atoms with van der Waals surface area (Å²) in [6.07, 6.45) is 1.25. The van der Waals surface area contributed by atoms with E-state index in [2.05, 4.69) is 29.3 Å². The number of methoxy groups -OCH3 is 1. The van der Waals surface area contributed by atoms with E-state index in [-0.39, 0.29) is 12.1 Å². The van der Waals surface area contributed by atoms with Crippen LogP contribution < -0.4 is 10.1 Å². The van der Waals surface area contributed by atoms with E-state index in [1.807, 2.05) is 18.7 Å². The lowest BCUT2D eigenvalue weighted by Gasteiger charge is -2.39. The fourth-order valence-electron chi connectivity index (χ4n) is 3.10. The summed E-state index contributed by atoms with van der Waals surface area (Å²) in [6.45, 7) is 7.77. The van der Waals surface area contributed by atoms with Gasteiger partial charge in [-0.3, -0.25) is 4.90 Å². The molecule has 2 unspecified atom stereocenters. The Kier molecular flexibility index (Phi) is 5.61. The first-order chi connectivity index (χ1) is 10.1. The predicted octanol–water partition coefficient (Wildman–Crippen LogP) is 1.11. The van der Waals surface area contributed by atoms with Crippen LogP contribution in [0.15, 0.2) is 0 Å². The standard InChI is InChI=1S/C15H28N4O2/c1-6-7-16-10-12-14(18(3)8-9-21-12)13-11(2)17-19(4)15(13)20-5/h12,14,16H,6-10H2,1-5H3. The van der Waals surface area contributed by atoms with Gasteiger partial charge in [0.1, 0.15) is 0 Å². The fraction of sp³-hybridized carbons (Fsp3) is 0.800. The number of hydrogen-bond acceptors (Lipinski definition) is 5. The minimum Gasteiger partial charge on any atom is -0.481 e. The van der Waals surface area contributed by atoms with Crippen molar-refractivity contribution < 1.29 is 9.47 Å². The van der Waals surface area contributed by atoms with Crippen molar-refractivity contribution in [2.45, 2.75) is 32.4 Å². The maximum absolute atomic E-state index is 6.03. The molecule has 0 amide bonds. The van der Waals surface area contributed by atoms with Crippen molar-refractivity contribution in [1.82, 2.24) is 20.0 Å². The Labute approximate surface area is 127 Å². The summed E-state index contributed by atoms with van der Waals surface area (Å²) in [7, 11) is 5.77. The van der Waals surface area contributed by atoms with Gasteiger partial charge in [-0.15, -0.1) is 0 Å². The second-order valence-corrected chi connectivity index (χ2v) is 5.67. The van der Waals surface area contributed by atoms with Crippen molar-refractivity contribution in [1.29, 1.82) is 0 Å².